The molecule has 0 N–H and O–H groups in total. The normalized spacial score (nSPS) is 10.8. The summed E-state index contributed by atoms with van der Waals surface area (Å²) < 4.78 is 5.31. The fourth-order valence-electron chi connectivity index (χ4n) is 2.68. The molecule has 2 rings (SSSR count). The highest BCUT2D eigenvalue weighted by molar-refractivity contribution is 6.30. The number of halogens is 1. The molecule has 2 aromatic rings. The van der Waals surface area contributed by atoms with Crippen molar-refractivity contribution < 1.29 is 14.3 Å². The van der Waals surface area contributed by atoms with Crippen molar-refractivity contribution in [2.45, 2.75) is 19.3 Å². The minimum atomic E-state index is -0.0906. The van der Waals surface area contributed by atoms with E-state index in [1.165, 1.54) is 7.11 Å². The number of ketones is 2. The van der Waals surface area contributed by atoms with Gasteiger partial charge in [-0.05, 0) is 63.0 Å². The number of ether oxygens (including phenoxy) is 1. The van der Waals surface area contributed by atoms with E-state index in [1.54, 1.807) is 30.3 Å². The molecule has 0 fully saturated rings. The molecule has 0 saturated carbocycles. The van der Waals surface area contributed by atoms with Gasteiger partial charge in [-0.1, -0.05) is 23.7 Å². The second kappa shape index (κ2) is 9.51. The van der Waals surface area contributed by atoms with Crippen LogP contribution < -0.4 is 4.74 Å². The zero-order chi connectivity index (χ0) is 19.1. The van der Waals surface area contributed by atoms with Gasteiger partial charge in [-0.2, -0.15) is 0 Å². The number of methoxy groups -OCH3 is 1. The first-order valence-corrected chi connectivity index (χ1v) is 8.92. The minimum absolute atomic E-state index is 0.0371. The van der Waals surface area contributed by atoms with Crippen LogP contribution in [0.25, 0.3) is 0 Å². The van der Waals surface area contributed by atoms with E-state index in [1.807, 2.05) is 31.1 Å². The van der Waals surface area contributed by atoms with Crippen molar-refractivity contribution in [1.29, 1.82) is 0 Å². The Labute approximate surface area is 159 Å². The van der Waals surface area contributed by atoms with Gasteiger partial charge in [0.05, 0.1) is 12.7 Å². The minimum Gasteiger partial charge on any atom is -0.496 e. The van der Waals surface area contributed by atoms with Crippen LogP contribution in [0.4, 0.5) is 0 Å². The summed E-state index contributed by atoms with van der Waals surface area (Å²) in [6, 6.07) is 12.2. The van der Waals surface area contributed by atoms with Gasteiger partial charge in [-0.15, -0.1) is 0 Å². The van der Waals surface area contributed by atoms with Crippen LogP contribution in [-0.4, -0.2) is 44.2 Å². The molecule has 0 unspecified atom stereocenters. The molecule has 0 heterocycles. The molecular formula is C21H24ClNO3. The fourth-order valence-corrected chi connectivity index (χ4v) is 2.81. The lowest BCUT2D eigenvalue weighted by Gasteiger charge is -2.11. The fraction of sp³-hybridized carbons (Fsp3) is 0.333. The second-order valence-corrected chi connectivity index (χ2v) is 6.91. The van der Waals surface area contributed by atoms with Crippen LogP contribution in [0, 0.1) is 0 Å². The average molecular weight is 374 g/mol. The third kappa shape index (κ3) is 5.68. The van der Waals surface area contributed by atoms with Crippen LogP contribution in [0.5, 0.6) is 5.75 Å². The molecule has 138 valence electrons. The predicted molar refractivity (Wildman–Crippen MR) is 105 cm³/mol. The summed E-state index contributed by atoms with van der Waals surface area (Å²) in [5, 5.41) is 0.629. The molecule has 0 aliphatic carbocycles. The Morgan fingerprint density at radius 1 is 1.04 bits per heavy atom. The van der Waals surface area contributed by atoms with Crippen molar-refractivity contribution in [2.24, 2.45) is 0 Å². The van der Waals surface area contributed by atoms with Crippen molar-refractivity contribution >= 4 is 23.2 Å². The molecule has 0 aromatic heterocycles. The molecule has 0 aliphatic rings. The number of carbonyl (C=O) groups is 2. The third-order valence-corrected chi connectivity index (χ3v) is 4.36. The summed E-state index contributed by atoms with van der Waals surface area (Å²) in [6.07, 6.45) is 1.47. The lowest BCUT2D eigenvalue weighted by Crippen LogP contribution is -2.14. The maximum absolute atomic E-state index is 12.7. The number of hydrogen-bond acceptors (Lipinski definition) is 4. The summed E-state index contributed by atoms with van der Waals surface area (Å²) in [4.78, 5) is 27.2. The number of benzene rings is 2. The number of carbonyl (C=O) groups excluding carboxylic acids is 2. The highest BCUT2D eigenvalue weighted by Gasteiger charge is 2.16. The molecule has 0 radical (unpaired) electrons. The zero-order valence-electron chi connectivity index (χ0n) is 15.4. The molecule has 26 heavy (non-hydrogen) atoms. The second-order valence-electron chi connectivity index (χ2n) is 6.47. The Bertz CT molecular complexity index is 769. The van der Waals surface area contributed by atoms with E-state index >= 15 is 0 Å². The first kappa shape index (κ1) is 20.1. The SMILES string of the molecule is COc1ccc(C(=O)CCCN(C)C)cc1C(=O)Cc1ccc(Cl)cc1. The lowest BCUT2D eigenvalue weighted by molar-refractivity contribution is 0.0977. The smallest absolute Gasteiger partial charge is 0.170 e. The van der Waals surface area contributed by atoms with Gasteiger partial charge in [-0.3, -0.25) is 9.59 Å². The molecule has 2 aromatic carbocycles. The summed E-state index contributed by atoms with van der Waals surface area (Å²) in [5.41, 5.74) is 1.84. The van der Waals surface area contributed by atoms with Crippen LogP contribution in [0.15, 0.2) is 42.5 Å². The van der Waals surface area contributed by atoms with E-state index < -0.39 is 0 Å². The van der Waals surface area contributed by atoms with E-state index in [9.17, 15) is 9.59 Å². The van der Waals surface area contributed by atoms with Crippen LogP contribution in [0.1, 0.15) is 39.1 Å². The first-order valence-electron chi connectivity index (χ1n) is 8.54. The Morgan fingerprint density at radius 2 is 1.73 bits per heavy atom. The number of hydrogen-bond donors (Lipinski definition) is 0. The molecule has 0 atom stereocenters. The van der Waals surface area contributed by atoms with E-state index in [0.717, 1.165) is 18.5 Å². The average Bonchev–Trinajstić information content (AvgIpc) is 2.62. The van der Waals surface area contributed by atoms with Crippen molar-refractivity contribution in [3.05, 3.63) is 64.2 Å². The van der Waals surface area contributed by atoms with Gasteiger partial charge in [0.1, 0.15) is 5.75 Å². The van der Waals surface area contributed by atoms with E-state index in [-0.39, 0.29) is 18.0 Å². The van der Waals surface area contributed by atoms with E-state index in [0.29, 0.717) is 28.3 Å². The summed E-state index contributed by atoms with van der Waals surface area (Å²) in [5.74, 6) is 0.427. The summed E-state index contributed by atoms with van der Waals surface area (Å²) in [7, 11) is 5.48. The molecule has 0 spiro atoms. The first-order chi connectivity index (χ1) is 12.4. The topological polar surface area (TPSA) is 46.6 Å². The van der Waals surface area contributed by atoms with Gasteiger partial charge in [0, 0.05) is 23.4 Å². The highest BCUT2D eigenvalue weighted by Crippen LogP contribution is 2.23. The molecule has 0 amide bonds. The zero-order valence-corrected chi connectivity index (χ0v) is 16.2. The van der Waals surface area contributed by atoms with Gasteiger partial charge >= 0.3 is 0 Å². The van der Waals surface area contributed by atoms with Gasteiger partial charge in [0.15, 0.2) is 11.6 Å². The van der Waals surface area contributed by atoms with Crippen molar-refractivity contribution in [3.8, 4) is 5.75 Å². The predicted octanol–water partition coefficient (Wildman–Crippen LogP) is 4.30. The Morgan fingerprint density at radius 3 is 2.35 bits per heavy atom. The third-order valence-electron chi connectivity index (χ3n) is 4.11. The largest absolute Gasteiger partial charge is 0.496 e. The summed E-state index contributed by atoms with van der Waals surface area (Å²) in [6.45, 7) is 0.851. The monoisotopic (exact) mass is 373 g/mol. The standard InChI is InChI=1S/C21H24ClNO3/c1-23(2)12-4-5-19(24)16-8-11-21(26-3)18(14-16)20(25)13-15-6-9-17(22)10-7-15/h6-11,14H,4-5,12-13H2,1-3H3. The maximum atomic E-state index is 12.7. The van der Waals surface area contributed by atoms with Crippen molar-refractivity contribution in [2.75, 3.05) is 27.7 Å². The Kier molecular flexibility index (Phi) is 7.37. The summed E-state index contributed by atoms with van der Waals surface area (Å²) >= 11 is 5.88. The lowest BCUT2D eigenvalue weighted by atomic mass is 9.97. The van der Waals surface area contributed by atoms with Gasteiger partial charge in [-0.25, -0.2) is 0 Å². The molecule has 5 heteroatoms. The number of rotatable bonds is 9. The highest BCUT2D eigenvalue weighted by atomic mass is 35.5. The van der Waals surface area contributed by atoms with Crippen molar-refractivity contribution in [3.63, 3.8) is 0 Å². The van der Waals surface area contributed by atoms with Crippen LogP contribution in [0.2, 0.25) is 5.02 Å². The van der Waals surface area contributed by atoms with E-state index in [4.69, 9.17) is 16.3 Å². The van der Waals surface area contributed by atoms with Crippen LogP contribution in [-0.2, 0) is 6.42 Å². The van der Waals surface area contributed by atoms with Gasteiger partial charge < -0.3 is 9.64 Å². The van der Waals surface area contributed by atoms with Crippen LogP contribution >= 0.6 is 11.6 Å². The maximum Gasteiger partial charge on any atom is 0.170 e. The van der Waals surface area contributed by atoms with Crippen molar-refractivity contribution in [1.82, 2.24) is 4.90 Å². The Hall–Kier alpha value is -2.17. The molecule has 0 aliphatic heterocycles. The number of Topliss-reactive ketones (excluding diaryl/α,β-unsaturated/α-hetero) is 2. The molecule has 0 bridgehead atoms. The van der Waals surface area contributed by atoms with E-state index in [2.05, 4.69) is 0 Å². The molecular weight excluding hydrogens is 350 g/mol. The molecule has 4 nitrogen and oxygen atoms in total. The van der Waals surface area contributed by atoms with Gasteiger partial charge in [0.25, 0.3) is 0 Å². The van der Waals surface area contributed by atoms with Crippen LogP contribution in [0.3, 0.4) is 0 Å². The Balaban J connectivity index is 2.16. The number of nitrogens with zero attached hydrogens (tertiary/aromatic N) is 1. The van der Waals surface area contributed by atoms with Gasteiger partial charge in [0.2, 0.25) is 0 Å². The molecule has 0 saturated heterocycles. The quantitative estimate of drug-likeness (QED) is 0.615.